The van der Waals surface area contributed by atoms with E-state index in [0.717, 1.165) is 32.1 Å². The normalized spacial score (nSPS) is 25.2. The molecule has 0 spiro atoms. The van der Waals surface area contributed by atoms with Crippen LogP contribution in [0.2, 0.25) is 0 Å². The van der Waals surface area contributed by atoms with Crippen molar-refractivity contribution in [2.75, 3.05) is 32.0 Å². The van der Waals surface area contributed by atoms with Gasteiger partial charge in [-0.3, -0.25) is 9.78 Å². The molecule has 1 amide bonds. The lowest BCUT2D eigenvalue weighted by Gasteiger charge is -2.37. The minimum atomic E-state index is -1.64. The molecule has 3 atom stereocenters. The van der Waals surface area contributed by atoms with Gasteiger partial charge in [0.05, 0.1) is 19.8 Å². The Morgan fingerprint density at radius 1 is 1.15 bits per heavy atom. The molecular formula is C25H33N4O4+. The Balaban J connectivity index is 1.41. The van der Waals surface area contributed by atoms with Crippen molar-refractivity contribution in [1.82, 2.24) is 9.97 Å². The van der Waals surface area contributed by atoms with Gasteiger partial charge in [0.15, 0.2) is 24.1 Å². The molecule has 176 valence electrons. The lowest BCUT2D eigenvalue weighted by molar-refractivity contribution is -0.890. The van der Waals surface area contributed by atoms with E-state index in [9.17, 15) is 14.7 Å². The molecule has 1 aliphatic carbocycles. The van der Waals surface area contributed by atoms with Crippen molar-refractivity contribution in [2.24, 2.45) is 5.92 Å². The zero-order valence-corrected chi connectivity index (χ0v) is 19.2. The highest BCUT2D eigenvalue weighted by Gasteiger charge is 2.49. The quantitative estimate of drug-likeness (QED) is 0.494. The van der Waals surface area contributed by atoms with E-state index >= 15 is 0 Å². The summed E-state index contributed by atoms with van der Waals surface area (Å²) in [5, 5.41) is 14.5. The van der Waals surface area contributed by atoms with Gasteiger partial charge in [-0.05, 0) is 18.4 Å². The molecule has 2 fully saturated rings. The molecule has 2 aliphatic rings. The first-order valence-corrected chi connectivity index (χ1v) is 11.8. The summed E-state index contributed by atoms with van der Waals surface area (Å²) in [4.78, 5) is 34.0. The number of quaternary nitrogens is 1. The molecule has 0 radical (unpaired) electrons. The molecule has 1 aliphatic heterocycles. The Hall–Kier alpha value is -2.84. The summed E-state index contributed by atoms with van der Waals surface area (Å²) in [5.41, 5.74) is -1.04. The van der Waals surface area contributed by atoms with E-state index in [2.05, 4.69) is 15.3 Å². The summed E-state index contributed by atoms with van der Waals surface area (Å²) in [6.45, 7) is 1.48. The zero-order chi connectivity index (χ0) is 23.3. The highest BCUT2D eigenvalue weighted by atomic mass is 16.6. The number of ether oxygens (including phenoxy) is 1. The van der Waals surface area contributed by atoms with Crippen molar-refractivity contribution < 1.29 is 23.9 Å². The van der Waals surface area contributed by atoms with Gasteiger partial charge in [0.1, 0.15) is 6.54 Å². The fourth-order valence-electron chi connectivity index (χ4n) is 5.24. The largest absolute Gasteiger partial charge is 0.454 e. The van der Waals surface area contributed by atoms with E-state index in [-0.39, 0.29) is 24.5 Å². The third-order valence-electron chi connectivity index (χ3n) is 6.99. The number of likely N-dealkylation sites (tertiary alicyclic amines) is 1. The molecule has 2 heterocycles. The highest BCUT2D eigenvalue weighted by Crippen LogP contribution is 2.41. The molecule has 1 aromatic heterocycles. The SMILES string of the molecule is C[N+]1(CC(=O)Nc2cnccn2)CC[C@@H](OC(=O)C(O)(c2ccccc2)C2CCCCC2)C1. The van der Waals surface area contributed by atoms with E-state index in [0.29, 0.717) is 35.4 Å². The van der Waals surface area contributed by atoms with Crippen LogP contribution >= 0.6 is 0 Å². The topological polar surface area (TPSA) is 101 Å². The molecule has 1 aromatic carbocycles. The number of anilines is 1. The fourth-order valence-corrected chi connectivity index (χ4v) is 5.24. The molecule has 2 aromatic rings. The third-order valence-corrected chi connectivity index (χ3v) is 6.99. The summed E-state index contributed by atoms with van der Waals surface area (Å²) in [6.07, 6.45) is 9.64. The second-order valence-electron chi connectivity index (χ2n) is 9.61. The van der Waals surface area contributed by atoms with Gasteiger partial charge in [-0.25, -0.2) is 9.78 Å². The minimum absolute atomic E-state index is 0.152. The number of carbonyl (C=O) groups is 2. The van der Waals surface area contributed by atoms with Gasteiger partial charge < -0.3 is 19.6 Å². The van der Waals surface area contributed by atoms with Gasteiger partial charge in [0, 0.05) is 24.7 Å². The van der Waals surface area contributed by atoms with Crippen LogP contribution in [0, 0.1) is 5.92 Å². The molecule has 8 heteroatoms. The van der Waals surface area contributed by atoms with E-state index in [1.165, 1.54) is 12.4 Å². The molecule has 8 nitrogen and oxygen atoms in total. The number of likely N-dealkylation sites (N-methyl/N-ethyl adjacent to an activating group) is 1. The number of rotatable bonds is 7. The number of nitrogens with zero attached hydrogens (tertiary/aromatic N) is 3. The van der Waals surface area contributed by atoms with Gasteiger partial charge in [-0.2, -0.15) is 0 Å². The average molecular weight is 454 g/mol. The third kappa shape index (κ3) is 5.39. The molecule has 4 rings (SSSR count). The first-order valence-electron chi connectivity index (χ1n) is 11.8. The van der Waals surface area contributed by atoms with Crippen LogP contribution in [-0.2, 0) is 19.9 Å². The van der Waals surface area contributed by atoms with Crippen LogP contribution in [0.15, 0.2) is 48.9 Å². The van der Waals surface area contributed by atoms with Gasteiger partial charge in [0.25, 0.3) is 5.91 Å². The molecule has 1 saturated heterocycles. The summed E-state index contributed by atoms with van der Waals surface area (Å²) in [7, 11) is 1.98. The van der Waals surface area contributed by atoms with Crippen molar-refractivity contribution in [3.05, 3.63) is 54.5 Å². The van der Waals surface area contributed by atoms with E-state index in [1.54, 1.807) is 6.20 Å². The van der Waals surface area contributed by atoms with E-state index < -0.39 is 11.6 Å². The summed E-state index contributed by atoms with van der Waals surface area (Å²) in [5.74, 6) is -0.464. The number of amides is 1. The minimum Gasteiger partial charge on any atom is -0.454 e. The van der Waals surface area contributed by atoms with Gasteiger partial charge >= 0.3 is 5.97 Å². The first kappa shape index (κ1) is 23.3. The number of hydrogen-bond acceptors (Lipinski definition) is 6. The van der Waals surface area contributed by atoms with Crippen molar-refractivity contribution in [3.63, 3.8) is 0 Å². The second kappa shape index (κ2) is 9.97. The number of aromatic nitrogens is 2. The zero-order valence-electron chi connectivity index (χ0n) is 19.2. The molecular weight excluding hydrogens is 420 g/mol. The Kier molecular flexibility index (Phi) is 7.05. The average Bonchev–Trinajstić information content (AvgIpc) is 3.19. The molecule has 1 saturated carbocycles. The van der Waals surface area contributed by atoms with Crippen molar-refractivity contribution in [2.45, 2.75) is 50.2 Å². The van der Waals surface area contributed by atoms with Crippen LogP contribution in [0.3, 0.4) is 0 Å². The number of aliphatic hydroxyl groups is 1. The van der Waals surface area contributed by atoms with Crippen LogP contribution in [0.25, 0.3) is 0 Å². The van der Waals surface area contributed by atoms with Gasteiger partial charge in [-0.1, -0.05) is 49.6 Å². The number of nitrogens with one attached hydrogen (secondary N) is 1. The molecule has 2 unspecified atom stereocenters. The standard InChI is InChI=1S/C25H32N4O4/c1-29(18-23(30)28-22-16-26-13-14-27-22)15-12-21(17-29)33-24(31)25(32,19-8-4-2-5-9-19)20-10-6-3-7-11-20/h2,4-5,8-9,13-14,16,20-21,32H,3,6-7,10-12,15,17-18H2,1H3/p+1/t21-,25?,29?/m1/s1. The van der Waals surface area contributed by atoms with Gasteiger partial charge in [0.2, 0.25) is 0 Å². The Morgan fingerprint density at radius 2 is 1.91 bits per heavy atom. The lowest BCUT2D eigenvalue weighted by Crippen LogP contribution is -2.49. The number of esters is 1. The predicted molar refractivity (Wildman–Crippen MR) is 123 cm³/mol. The van der Waals surface area contributed by atoms with Crippen LogP contribution in [-0.4, -0.2) is 64.2 Å². The number of hydrogen-bond donors (Lipinski definition) is 2. The Labute approximate surface area is 194 Å². The maximum Gasteiger partial charge on any atom is 0.343 e. The fraction of sp³-hybridized carbons (Fsp3) is 0.520. The maximum absolute atomic E-state index is 13.4. The first-order chi connectivity index (χ1) is 15.9. The van der Waals surface area contributed by atoms with Crippen molar-refractivity contribution in [3.8, 4) is 0 Å². The molecule has 0 bridgehead atoms. The van der Waals surface area contributed by atoms with Crippen molar-refractivity contribution in [1.29, 1.82) is 0 Å². The van der Waals surface area contributed by atoms with Crippen LogP contribution in [0.1, 0.15) is 44.1 Å². The lowest BCUT2D eigenvalue weighted by atomic mass is 9.73. The van der Waals surface area contributed by atoms with E-state index in [4.69, 9.17) is 4.74 Å². The summed E-state index contributed by atoms with van der Waals surface area (Å²) >= 11 is 0. The monoisotopic (exact) mass is 453 g/mol. The van der Waals surface area contributed by atoms with Crippen LogP contribution in [0.4, 0.5) is 5.82 Å². The number of carbonyl (C=O) groups excluding carboxylic acids is 2. The molecule has 33 heavy (non-hydrogen) atoms. The Bertz CT molecular complexity index is 951. The maximum atomic E-state index is 13.4. The number of benzene rings is 1. The molecule has 2 N–H and O–H groups in total. The summed E-state index contributed by atoms with van der Waals surface area (Å²) in [6, 6.07) is 9.18. The van der Waals surface area contributed by atoms with E-state index in [1.807, 2.05) is 37.4 Å². The second-order valence-corrected chi connectivity index (χ2v) is 9.61. The summed E-state index contributed by atoms with van der Waals surface area (Å²) < 4.78 is 6.38. The predicted octanol–water partition coefficient (Wildman–Crippen LogP) is 2.65. The van der Waals surface area contributed by atoms with Gasteiger partial charge in [-0.15, -0.1) is 0 Å². The smallest absolute Gasteiger partial charge is 0.343 e. The van der Waals surface area contributed by atoms with Crippen LogP contribution < -0.4 is 5.32 Å². The Morgan fingerprint density at radius 3 is 2.61 bits per heavy atom. The van der Waals surface area contributed by atoms with Crippen molar-refractivity contribution >= 4 is 17.7 Å². The highest BCUT2D eigenvalue weighted by molar-refractivity contribution is 5.90. The van der Waals surface area contributed by atoms with Crippen LogP contribution in [0.5, 0.6) is 0 Å².